The molecule has 1 aliphatic carbocycles. The number of pyridine rings is 1. The first-order chi connectivity index (χ1) is 15.5. The molecular weight excluding hydrogens is 404 g/mol. The summed E-state index contributed by atoms with van der Waals surface area (Å²) in [5.74, 6) is 2.27. The second-order valence-electron chi connectivity index (χ2n) is 8.94. The summed E-state index contributed by atoms with van der Waals surface area (Å²) in [7, 11) is 3.85. The Morgan fingerprint density at radius 2 is 1.81 bits per heavy atom. The molecule has 1 N–H and O–H groups in total. The average Bonchev–Trinajstić information content (AvgIpc) is 3.08. The zero-order valence-electron chi connectivity index (χ0n) is 18.9. The normalized spacial score (nSPS) is 21.8. The third kappa shape index (κ3) is 5.03. The van der Waals surface area contributed by atoms with Crippen LogP contribution in [0.5, 0.6) is 5.75 Å². The fourth-order valence-corrected chi connectivity index (χ4v) is 4.88. The number of ether oxygens (including phenoxy) is 1. The van der Waals surface area contributed by atoms with Crippen molar-refractivity contribution in [2.45, 2.75) is 19.3 Å². The number of hydrogen-bond donors (Lipinski definition) is 1. The number of nitrogens with one attached hydrogen (secondary N) is 1. The number of piperidine rings is 1. The highest BCUT2D eigenvalue weighted by molar-refractivity contribution is 5.94. The minimum atomic E-state index is 0.00309. The van der Waals surface area contributed by atoms with Crippen molar-refractivity contribution in [3.63, 3.8) is 0 Å². The standard InChI is InChI=1S/C25H32N4O3/c1-28(2)22-12-11-18(15-27-22)25(31)29-16-19-9-10-20(17-29)23(19)24(30)26-13-6-14-32-21-7-4-3-5-8-21/h3-5,7-8,11-12,15,19-20,23H,6,9-10,13-14,16-17H2,1-2H3,(H,26,30)/t19-,20+,23?. The number of rotatable bonds is 8. The molecule has 0 spiro atoms. The molecule has 4 rings (SSSR count). The molecule has 7 heteroatoms. The van der Waals surface area contributed by atoms with Crippen LogP contribution in [-0.4, -0.2) is 62.0 Å². The van der Waals surface area contributed by atoms with Gasteiger partial charge in [0.15, 0.2) is 0 Å². The molecule has 1 unspecified atom stereocenters. The first-order valence-electron chi connectivity index (χ1n) is 11.4. The number of anilines is 1. The fraction of sp³-hybridized carbons (Fsp3) is 0.480. The van der Waals surface area contributed by atoms with Crippen molar-refractivity contribution in [2.75, 3.05) is 45.2 Å². The predicted molar refractivity (Wildman–Crippen MR) is 124 cm³/mol. The van der Waals surface area contributed by atoms with Gasteiger partial charge in [-0.25, -0.2) is 4.98 Å². The van der Waals surface area contributed by atoms with Crippen LogP contribution in [0.1, 0.15) is 29.6 Å². The monoisotopic (exact) mass is 436 g/mol. The Bertz CT molecular complexity index is 903. The number of likely N-dealkylation sites (tertiary alicyclic amines) is 1. The van der Waals surface area contributed by atoms with Crippen LogP contribution in [0.2, 0.25) is 0 Å². The van der Waals surface area contributed by atoms with Crippen LogP contribution in [0.4, 0.5) is 5.82 Å². The number of carbonyl (C=O) groups excluding carboxylic acids is 2. The first-order valence-corrected chi connectivity index (χ1v) is 11.4. The highest BCUT2D eigenvalue weighted by atomic mass is 16.5. The fourth-order valence-electron chi connectivity index (χ4n) is 4.88. The molecule has 3 atom stereocenters. The quantitative estimate of drug-likeness (QED) is 0.644. The third-order valence-corrected chi connectivity index (χ3v) is 6.51. The van der Waals surface area contributed by atoms with E-state index in [1.165, 1.54) is 0 Å². The van der Waals surface area contributed by atoms with Crippen LogP contribution in [0.15, 0.2) is 48.7 Å². The SMILES string of the molecule is CN(C)c1ccc(C(=O)N2C[C@H]3CC[C@@H](C2)C3C(=O)NCCCOc2ccccc2)cn1. The molecular formula is C25H32N4O3. The van der Waals surface area contributed by atoms with E-state index in [1.54, 1.807) is 6.20 Å². The van der Waals surface area contributed by atoms with E-state index in [-0.39, 0.29) is 29.6 Å². The second-order valence-corrected chi connectivity index (χ2v) is 8.94. The van der Waals surface area contributed by atoms with Crippen molar-refractivity contribution < 1.29 is 14.3 Å². The molecule has 1 saturated carbocycles. The molecule has 7 nitrogen and oxygen atoms in total. The lowest BCUT2D eigenvalue weighted by Gasteiger charge is -2.37. The molecule has 0 radical (unpaired) electrons. The summed E-state index contributed by atoms with van der Waals surface area (Å²) in [6, 6.07) is 13.4. The van der Waals surface area contributed by atoms with Gasteiger partial charge in [-0.3, -0.25) is 9.59 Å². The van der Waals surface area contributed by atoms with Gasteiger partial charge in [0.2, 0.25) is 5.91 Å². The Labute approximate surface area is 189 Å². The van der Waals surface area contributed by atoms with Crippen LogP contribution >= 0.6 is 0 Å². The van der Waals surface area contributed by atoms with E-state index < -0.39 is 0 Å². The van der Waals surface area contributed by atoms with E-state index in [4.69, 9.17) is 4.74 Å². The number of para-hydroxylation sites is 1. The van der Waals surface area contributed by atoms with E-state index in [0.717, 1.165) is 30.8 Å². The Balaban J connectivity index is 1.25. The largest absolute Gasteiger partial charge is 0.494 e. The maximum Gasteiger partial charge on any atom is 0.255 e. The first kappa shape index (κ1) is 22.1. The van der Waals surface area contributed by atoms with E-state index in [0.29, 0.717) is 31.8 Å². The maximum atomic E-state index is 13.0. The lowest BCUT2D eigenvalue weighted by molar-refractivity contribution is -0.129. The maximum absolute atomic E-state index is 13.0. The molecule has 2 aliphatic rings. The molecule has 2 bridgehead atoms. The minimum absolute atomic E-state index is 0.00309. The van der Waals surface area contributed by atoms with Gasteiger partial charge in [0.05, 0.1) is 12.2 Å². The van der Waals surface area contributed by atoms with Gasteiger partial charge in [-0.2, -0.15) is 0 Å². The van der Waals surface area contributed by atoms with Gasteiger partial charge in [0.25, 0.3) is 5.91 Å². The molecule has 32 heavy (non-hydrogen) atoms. The molecule has 2 amide bonds. The van der Waals surface area contributed by atoms with Crippen LogP contribution < -0.4 is 15.0 Å². The van der Waals surface area contributed by atoms with Gasteiger partial charge in [-0.1, -0.05) is 18.2 Å². The summed E-state index contributed by atoms with van der Waals surface area (Å²) in [4.78, 5) is 34.0. The summed E-state index contributed by atoms with van der Waals surface area (Å²) in [6.45, 7) is 2.46. The summed E-state index contributed by atoms with van der Waals surface area (Å²) in [5.41, 5.74) is 0.608. The van der Waals surface area contributed by atoms with E-state index in [9.17, 15) is 9.59 Å². The van der Waals surface area contributed by atoms with E-state index in [1.807, 2.05) is 66.4 Å². The third-order valence-electron chi connectivity index (χ3n) is 6.51. The number of carbonyl (C=O) groups is 2. The molecule has 170 valence electrons. The Morgan fingerprint density at radius 3 is 2.44 bits per heavy atom. The van der Waals surface area contributed by atoms with E-state index in [2.05, 4.69) is 10.3 Å². The summed E-state index contributed by atoms with van der Waals surface area (Å²) < 4.78 is 5.69. The molecule has 2 aromatic rings. The zero-order chi connectivity index (χ0) is 22.5. The Morgan fingerprint density at radius 1 is 1.09 bits per heavy atom. The van der Waals surface area contributed by atoms with Crippen molar-refractivity contribution in [3.8, 4) is 5.75 Å². The highest BCUT2D eigenvalue weighted by Gasteiger charge is 2.46. The molecule has 2 fully saturated rings. The van der Waals surface area contributed by atoms with Crippen molar-refractivity contribution in [3.05, 3.63) is 54.2 Å². The lowest BCUT2D eigenvalue weighted by Crippen LogP contribution is -2.50. The van der Waals surface area contributed by atoms with Gasteiger partial charge in [-0.05, 0) is 55.4 Å². The molecule has 1 saturated heterocycles. The summed E-state index contributed by atoms with van der Waals surface area (Å²) in [5, 5.41) is 3.09. The van der Waals surface area contributed by atoms with Gasteiger partial charge in [-0.15, -0.1) is 0 Å². The number of amides is 2. The van der Waals surface area contributed by atoms with Crippen LogP contribution in [0.25, 0.3) is 0 Å². The smallest absolute Gasteiger partial charge is 0.255 e. The van der Waals surface area contributed by atoms with Gasteiger partial charge in [0, 0.05) is 45.8 Å². The number of benzene rings is 1. The average molecular weight is 437 g/mol. The number of fused-ring (bicyclic) bond motifs is 2. The number of nitrogens with zero attached hydrogens (tertiary/aromatic N) is 3. The minimum Gasteiger partial charge on any atom is -0.494 e. The van der Waals surface area contributed by atoms with Gasteiger partial charge < -0.3 is 19.9 Å². The predicted octanol–water partition coefficient (Wildman–Crippen LogP) is 2.83. The topological polar surface area (TPSA) is 74.8 Å². The molecule has 1 aromatic heterocycles. The number of aromatic nitrogens is 1. The highest BCUT2D eigenvalue weighted by Crippen LogP contribution is 2.42. The van der Waals surface area contributed by atoms with Crippen LogP contribution in [0.3, 0.4) is 0 Å². The van der Waals surface area contributed by atoms with Crippen molar-refractivity contribution >= 4 is 17.6 Å². The van der Waals surface area contributed by atoms with Crippen molar-refractivity contribution in [1.82, 2.24) is 15.2 Å². The Hall–Kier alpha value is -3.09. The van der Waals surface area contributed by atoms with Gasteiger partial charge >= 0.3 is 0 Å². The second kappa shape index (κ2) is 10.0. The number of hydrogen-bond acceptors (Lipinski definition) is 5. The van der Waals surface area contributed by atoms with Gasteiger partial charge in [0.1, 0.15) is 11.6 Å². The summed E-state index contributed by atoms with van der Waals surface area (Å²) >= 11 is 0. The van der Waals surface area contributed by atoms with Crippen LogP contribution in [-0.2, 0) is 4.79 Å². The molecule has 1 aromatic carbocycles. The summed E-state index contributed by atoms with van der Waals surface area (Å²) in [6.07, 6.45) is 4.42. The van der Waals surface area contributed by atoms with Crippen molar-refractivity contribution in [1.29, 1.82) is 0 Å². The molecule has 2 heterocycles. The van der Waals surface area contributed by atoms with E-state index >= 15 is 0 Å². The molecule has 1 aliphatic heterocycles. The van der Waals surface area contributed by atoms with Crippen molar-refractivity contribution in [2.24, 2.45) is 17.8 Å². The Kier molecular flexibility index (Phi) is 6.93. The zero-order valence-corrected chi connectivity index (χ0v) is 18.9. The lowest BCUT2D eigenvalue weighted by atomic mass is 9.84. The van der Waals surface area contributed by atoms with Crippen LogP contribution in [0, 0.1) is 17.8 Å².